The highest BCUT2D eigenvalue weighted by Crippen LogP contribution is 2.37. The minimum atomic E-state index is -0.981. The number of esters is 1. The molecule has 1 aliphatic carbocycles. The van der Waals surface area contributed by atoms with Crippen molar-refractivity contribution in [2.24, 2.45) is 5.92 Å². The predicted octanol–water partition coefficient (Wildman–Crippen LogP) is 3.64. The number of imidazole rings is 1. The number of ether oxygens (including phenoxy) is 2. The Morgan fingerprint density at radius 1 is 1.24 bits per heavy atom. The fourth-order valence-corrected chi connectivity index (χ4v) is 4.71. The number of methoxy groups -OCH3 is 2. The van der Waals surface area contributed by atoms with Gasteiger partial charge in [-0.2, -0.15) is 0 Å². The maximum atomic E-state index is 12.2. The Kier molecular flexibility index (Phi) is 5.76. The first-order valence-corrected chi connectivity index (χ1v) is 12.6. The Labute approximate surface area is 194 Å². The van der Waals surface area contributed by atoms with Crippen LogP contribution in [0.1, 0.15) is 23.2 Å². The highest BCUT2D eigenvalue weighted by molar-refractivity contribution is 7.90. The van der Waals surface area contributed by atoms with Gasteiger partial charge in [-0.05, 0) is 49.1 Å². The average molecular weight is 467 g/mol. The standard InChI is InChI=1S/C24H26N4O4S/c1-31-20-13-17(24(29)32-2)11-18-21(20)27(9-10-33(3)30)23(26-18)19-12-16-5-4-8-25-22(16)28(19)14-15-6-7-15/h4-5,8,11-13,15H,6-7,9-10,14H2,1-3H3. The SMILES string of the molecule is COC(=O)c1cc(OC)c2c(c1)nc(-c1cc3cccnc3n1CC1CC1)n2CC[S+](C)[O-]. The molecule has 0 N–H and O–H groups in total. The van der Waals surface area contributed by atoms with Gasteiger partial charge in [0.25, 0.3) is 0 Å². The van der Waals surface area contributed by atoms with E-state index in [2.05, 4.69) is 21.7 Å². The van der Waals surface area contributed by atoms with Crippen molar-refractivity contribution >= 4 is 39.2 Å². The van der Waals surface area contributed by atoms with Crippen LogP contribution in [-0.4, -0.2) is 55.9 Å². The number of rotatable bonds is 8. The first kappa shape index (κ1) is 21.8. The molecular weight excluding hydrogens is 440 g/mol. The van der Waals surface area contributed by atoms with Crippen LogP contribution >= 0.6 is 0 Å². The first-order valence-electron chi connectivity index (χ1n) is 10.9. The monoisotopic (exact) mass is 466 g/mol. The van der Waals surface area contributed by atoms with E-state index in [9.17, 15) is 9.35 Å². The fraction of sp³-hybridized carbons (Fsp3) is 0.375. The second-order valence-corrected chi connectivity index (χ2v) is 9.96. The topological polar surface area (TPSA) is 94.2 Å². The molecule has 3 heterocycles. The zero-order valence-corrected chi connectivity index (χ0v) is 19.7. The lowest BCUT2D eigenvalue weighted by atomic mass is 10.2. The minimum absolute atomic E-state index is 0.373. The predicted molar refractivity (Wildman–Crippen MR) is 128 cm³/mol. The van der Waals surface area contributed by atoms with E-state index in [1.807, 2.05) is 16.8 Å². The van der Waals surface area contributed by atoms with E-state index < -0.39 is 17.1 Å². The lowest BCUT2D eigenvalue weighted by molar-refractivity contribution is 0.0600. The third kappa shape index (κ3) is 4.06. The van der Waals surface area contributed by atoms with Gasteiger partial charge in [0.2, 0.25) is 0 Å². The van der Waals surface area contributed by atoms with E-state index in [1.54, 1.807) is 25.5 Å². The molecule has 33 heavy (non-hydrogen) atoms. The molecule has 9 heteroatoms. The maximum absolute atomic E-state index is 12.2. The van der Waals surface area contributed by atoms with Crippen molar-refractivity contribution in [3.05, 3.63) is 42.1 Å². The fourth-order valence-electron chi connectivity index (χ4n) is 4.27. The van der Waals surface area contributed by atoms with E-state index in [4.69, 9.17) is 14.5 Å². The molecule has 3 aromatic heterocycles. The van der Waals surface area contributed by atoms with E-state index >= 15 is 0 Å². The number of carbonyl (C=O) groups excluding carboxylic acids is 1. The minimum Gasteiger partial charge on any atom is -0.617 e. The molecular formula is C24H26N4O4S. The van der Waals surface area contributed by atoms with Gasteiger partial charge < -0.3 is 23.2 Å². The zero-order valence-electron chi connectivity index (χ0n) is 18.9. The second kappa shape index (κ2) is 8.72. The summed E-state index contributed by atoms with van der Waals surface area (Å²) in [7, 11) is 2.92. The van der Waals surface area contributed by atoms with Gasteiger partial charge in [-0.15, -0.1) is 0 Å². The summed E-state index contributed by atoms with van der Waals surface area (Å²) >= 11 is -0.981. The van der Waals surface area contributed by atoms with E-state index in [0.29, 0.717) is 35.0 Å². The van der Waals surface area contributed by atoms with Crippen LogP contribution in [0, 0.1) is 5.92 Å². The summed E-state index contributed by atoms with van der Waals surface area (Å²) in [5, 5.41) is 1.05. The van der Waals surface area contributed by atoms with Crippen LogP contribution in [-0.2, 0) is 29.0 Å². The Bertz CT molecular complexity index is 1340. The molecule has 1 fully saturated rings. The molecule has 1 saturated carbocycles. The van der Waals surface area contributed by atoms with Crippen LogP contribution in [0.2, 0.25) is 0 Å². The van der Waals surface area contributed by atoms with E-state index in [1.165, 1.54) is 20.0 Å². The molecule has 0 radical (unpaired) electrons. The molecule has 1 atom stereocenters. The summed E-state index contributed by atoms with van der Waals surface area (Å²) in [6.45, 7) is 1.38. The maximum Gasteiger partial charge on any atom is 0.338 e. The van der Waals surface area contributed by atoms with Gasteiger partial charge in [0, 0.05) is 18.1 Å². The average Bonchev–Trinajstić information content (AvgIpc) is 3.46. The number of carbonyl (C=O) groups is 1. The lowest BCUT2D eigenvalue weighted by Crippen LogP contribution is -2.14. The van der Waals surface area contributed by atoms with Crippen LogP contribution in [0.15, 0.2) is 36.5 Å². The van der Waals surface area contributed by atoms with Crippen LogP contribution in [0.5, 0.6) is 5.75 Å². The Hall–Kier alpha value is -3.04. The van der Waals surface area contributed by atoms with Gasteiger partial charge in [-0.3, -0.25) is 0 Å². The summed E-state index contributed by atoms with van der Waals surface area (Å²) in [6.07, 6.45) is 5.94. The smallest absolute Gasteiger partial charge is 0.338 e. The summed E-state index contributed by atoms with van der Waals surface area (Å²) in [6, 6.07) is 9.49. The third-order valence-electron chi connectivity index (χ3n) is 6.07. The molecule has 1 unspecified atom stereocenters. The number of hydrogen-bond acceptors (Lipinski definition) is 6. The number of aromatic nitrogens is 4. The molecule has 5 rings (SSSR count). The number of pyridine rings is 1. The van der Waals surface area contributed by atoms with Crippen molar-refractivity contribution in [2.75, 3.05) is 26.2 Å². The highest BCUT2D eigenvalue weighted by Gasteiger charge is 2.27. The number of fused-ring (bicyclic) bond motifs is 2. The molecule has 0 aliphatic heterocycles. The van der Waals surface area contributed by atoms with Crippen LogP contribution in [0.3, 0.4) is 0 Å². The Morgan fingerprint density at radius 2 is 2.06 bits per heavy atom. The summed E-state index contributed by atoms with van der Waals surface area (Å²) in [5.41, 5.74) is 3.65. The molecule has 1 aliphatic rings. The zero-order chi connectivity index (χ0) is 23.1. The van der Waals surface area contributed by atoms with E-state index in [0.717, 1.165) is 34.6 Å². The summed E-state index contributed by atoms with van der Waals surface area (Å²) in [4.78, 5) is 21.8. The quantitative estimate of drug-likeness (QED) is 0.291. The van der Waals surface area contributed by atoms with Gasteiger partial charge in [-0.1, -0.05) is 11.2 Å². The van der Waals surface area contributed by atoms with E-state index in [-0.39, 0.29) is 0 Å². The summed E-state index contributed by atoms with van der Waals surface area (Å²) in [5.74, 6) is 1.93. The van der Waals surface area contributed by atoms with Crippen molar-refractivity contribution in [3.8, 4) is 17.3 Å². The molecule has 0 spiro atoms. The normalized spacial score (nSPS) is 14.7. The molecule has 0 bridgehead atoms. The van der Waals surface area contributed by atoms with Crippen LogP contribution < -0.4 is 4.74 Å². The van der Waals surface area contributed by atoms with Gasteiger partial charge in [0.15, 0.2) is 5.82 Å². The molecule has 1 aromatic carbocycles. The van der Waals surface area contributed by atoms with Crippen molar-refractivity contribution in [3.63, 3.8) is 0 Å². The largest absolute Gasteiger partial charge is 0.617 e. The van der Waals surface area contributed by atoms with Crippen LogP contribution in [0.4, 0.5) is 0 Å². The number of benzene rings is 1. The highest BCUT2D eigenvalue weighted by atomic mass is 32.2. The molecule has 0 amide bonds. The summed E-state index contributed by atoms with van der Waals surface area (Å²) < 4.78 is 26.9. The molecule has 8 nitrogen and oxygen atoms in total. The lowest BCUT2D eigenvalue weighted by Gasteiger charge is -2.14. The Balaban J connectivity index is 1.77. The van der Waals surface area contributed by atoms with Gasteiger partial charge >= 0.3 is 5.97 Å². The van der Waals surface area contributed by atoms with Crippen molar-refractivity contribution in [1.29, 1.82) is 0 Å². The second-order valence-electron chi connectivity index (χ2n) is 8.40. The number of hydrogen-bond donors (Lipinski definition) is 0. The molecule has 172 valence electrons. The van der Waals surface area contributed by atoms with Crippen LogP contribution in [0.25, 0.3) is 33.6 Å². The number of nitrogens with zero attached hydrogens (tertiary/aromatic N) is 4. The third-order valence-corrected chi connectivity index (χ3v) is 6.83. The van der Waals surface area contributed by atoms with Gasteiger partial charge in [-0.25, -0.2) is 14.8 Å². The molecule has 4 aromatic rings. The molecule has 0 saturated heterocycles. The van der Waals surface area contributed by atoms with Gasteiger partial charge in [0.1, 0.15) is 22.7 Å². The van der Waals surface area contributed by atoms with Crippen molar-refractivity contribution < 1.29 is 18.8 Å². The van der Waals surface area contributed by atoms with Crippen molar-refractivity contribution in [1.82, 2.24) is 19.1 Å². The van der Waals surface area contributed by atoms with Gasteiger partial charge in [0.05, 0.1) is 43.8 Å². The Morgan fingerprint density at radius 3 is 2.76 bits per heavy atom. The number of aryl methyl sites for hydroxylation is 1. The van der Waals surface area contributed by atoms with Crippen molar-refractivity contribution in [2.45, 2.75) is 25.9 Å². The first-order chi connectivity index (χ1) is 16.0.